The Morgan fingerprint density at radius 3 is 2.38 bits per heavy atom. The Labute approximate surface area is 236 Å². The Morgan fingerprint density at radius 1 is 1.12 bits per heavy atom. The summed E-state index contributed by atoms with van der Waals surface area (Å²) in [6.45, 7) is 12.0. The van der Waals surface area contributed by atoms with Crippen molar-refractivity contribution in [3.63, 3.8) is 0 Å². The molecule has 1 N–H and O–H groups in total. The van der Waals surface area contributed by atoms with Crippen LogP contribution in [0.5, 0.6) is 17.2 Å². The number of nitriles is 1. The topological polar surface area (TPSA) is 98.9 Å². The van der Waals surface area contributed by atoms with Crippen LogP contribution in [0, 0.1) is 28.5 Å². The van der Waals surface area contributed by atoms with E-state index in [1.54, 1.807) is 25.0 Å². The van der Waals surface area contributed by atoms with E-state index in [4.69, 9.17) is 19.6 Å². The Balaban J connectivity index is 1.66. The predicted molar refractivity (Wildman–Crippen MR) is 153 cm³/mol. The standard InChI is InChI=1S/C31H39FN4O4/c1-7-39-25-15-21-17-36(30(34)26(21)27(32)29(25)40-8-2)18-24(37)20-13-22(31(3,4)5)28(38-6)23(14-20)35-11-9-19(16-33)10-12-35/h13-15,19,34H,7-12,17-18H2,1-6H3. The van der Waals surface area contributed by atoms with Gasteiger partial charge in [0.05, 0.1) is 44.2 Å². The largest absolute Gasteiger partial charge is 0.494 e. The number of ether oxygens (including phenoxy) is 3. The van der Waals surface area contributed by atoms with Crippen LogP contribution in [0.2, 0.25) is 0 Å². The number of benzene rings is 2. The first-order valence-electron chi connectivity index (χ1n) is 13.9. The van der Waals surface area contributed by atoms with Crippen molar-refractivity contribution in [1.82, 2.24) is 4.90 Å². The van der Waals surface area contributed by atoms with E-state index in [9.17, 15) is 10.1 Å². The lowest BCUT2D eigenvalue weighted by Crippen LogP contribution is -2.34. The monoisotopic (exact) mass is 550 g/mol. The van der Waals surface area contributed by atoms with Crippen LogP contribution in [0.4, 0.5) is 10.1 Å². The van der Waals surface area contributed by atoms with Gasteiger partial charge in [0.2, 0.25) is 0 Å². The zero-order valence-corrected chi connectivity index (χ0v) is 24.3. The maximum Gasteiger partial charge on any atom is 0.197 e. The molecule has 1 fully saturated rings. The molecule has 0 spiro atoms. The fourth-order valence-electron chi connectivity index (χ4n) is 5.45. The van der Waals surface area contributed by atoms with Gasteiger partial charge in [-0.1, -0.05) is 20.8 Å². The van der Waals surface area contributed by atoms with Gasteiger partial charge in [0.25, 0.3) is 0 Å². The molecule has 4 rings (SSSR count). The molecule has 0 radical (unpaired) electrons. The van der Waals surface area contributed by atoms with Gasteiger partial charge in [0.1, 0.15) is 11.6 Å². The molecular weight excluding hydrogens is 511 g/mol. The van der Waals surface area contributed by atoms with Gasteiger partial charge >= 0.3 is 0 Å². The number of hydrogen-bond donors (Lipinski definition) is 1. The average molecular weight is 551 g/mol. The first kappa shape index (κ1) is 29.2. The fraction of sp³-hybridized carbons (Fsp3) is 0.516. The SMILES string of the molecule is CCOc1cc2c(c(F)c1OCC)C(=N)N(CC(=O)c1cc(N3CCC(C#N)CC3)c(OC)c(C(C)(C)C)c1)C2. The summed E-state index contributed by atoms with van der Waals surface area (Å²) in [5.74, 6) is 0.207. The number of nitrogens with one attached hydrogen (secondary N) is 1. The quantitative estimate of drug-likeness (QED) is 0.400. The highest BCUT2D eigenvalue weighted by atomic mass is 19.1. The number of nitrogens with zero attached hydrogens (tertiary/aromatic N) is 3. The Hall–Kier alpha value is -3.80. The van der Waals surface area contributed by atoms with Crippen molar-refractivity contribution >= 4 is 17.3 Å². The number of rotatable bonds is 9. The highest BCUT2D eigenvalue weighted by Crippen LogP contribution is 2.42. The Morgan fingerprint density at radius 2 is 1.80 bits per heavy atom. The van der Waals surface area contributed by atoms with Crippen LogP contribution in [0.15, 0.2) is 18.2 Å². The number of ketones is 1. The van der Waals surface area contributed by atoms with E-state index in [1.165, 1.54) is 0 Å². The normalized spacial score (nSPS) is 15.6. The average Bonchev–Trinajstić information content (AvgIpc) is 3.24. The predicted octanol–water partition coefficient (Wildman–Crippen LogP) is 5.69. The van der Waals surface area contributed by atoms with Gasteiger partial charge in [-0.2, -0.15) is 5.26 Å². The molecule has 2 heterocycles. The lowest BCUT2D eigenvalue weighted by atomic mass is 9.84. The molecular formula is C31H39FN4O4. The van der Waals surface area contributed by atoms with Crippen LogP contribution < -0.4 is 19.1 Å². The molecule has 0 bridgehead atoms. The van der Waals surface area contributed by atoms with Crippen molar-refractivity contribution in [2.24, 2.45) is 5.92 Å². The fourth-order valence-corrected chi connectivity index (χ4v) is 5.45. The van der Waals surface area contributed by atoms with E-state index >= 15 is 4.39 Å². The van der Waals surface area contributed by atoms with Crippen LogP contribution in [0.3, 0.4) is 0 Å². The molecule has 0 amide bonds. The van der Waals surface area contributed by atoms with Gasteiger partial charge in [-0.15, -0.1) is 0 Å². The summed E-state index contributed by atoms with van der Waals surface area (Å²) in [7, 11) is 1.64. The number of carbonyl (C=O) groups excluding carboxylic acids is 1. The molecule has 2 aliphatic rings. The molecule has 40 heavy (non-hydrogen) atoms. The number of anilines is 1. The van der Waals surface area contributed by atoms with Gasteiger partial charge < -0.3 is 24.0 Å². The summed E-state index contributed by atoms with van der Waals surface area (Å²) in [4.78, 5) is 17.5. The van der Waals surface area contributed by atoms with E-state index in [1.807, 2.05) is 19.1 Å². The lowest BCUT2D eigenvalue weighted by molar-refractivity contribution is 0.0962. The van der Waals surface area contributed by atoms with Crippen LogP contribution in [-0.2, 0) is 12.0 Å². The summed E-state index contributed by atoms with van der Waals surface area (Å²) in [5, 5.41) is 18.1. The zero-order chi connectivity index (χ0) is 29.2. The summed E-state index contributed by atoms with van der Waals surface area (Å²) in [6, 6.07) is 7.81. The molecule has 8 nitrogen and oxygen atoms in total. The van der Waals surface area contributed by atoms with Crippen molar-refractivity contribution in [2.75, 3.05) is 44.9 Å². The number of carbonyl (C=O) groups is 1. The Kier molecular flexibility index (Phi) is 8.57. The number of amidine groups is 1. The Bertz CT molecular complexity index is 1340. The number of halogens is 1. The second-order valence-electron chi connectivity index (χ2n) is 11.3. The molecule has 0 aliphatic carbocycles. The third-order valence-corrected chi connectivity index (χ3v) is 7.53. The highest BCUT2D eigenvalue weighted by molar-refractivity contribution is 6.06. The zero-order valence-electron chi connectivity index (χ0n) is 24.3. The smallest absolute Gasteiger partial charge is 0.197 e. The van der Waals surface area contributed by atoms with Gasteiger partial charge in [-0.25, -0.2) is 4.39 Å². The number of piperidine rings is 1. The molecule has 0 unspecified atom stereocenters. The van der Waals surface area contributed by atoms with Gasteiger partial charge in [0, 0.05) is 36.7 Å². The minimum absolute atomic E-state index is 0.00388. The van der Waals surface area contributed by atoms with Crippen molar-refractivity contribution < 1.29 is 23.4 Å². The number of fused-ring (bicyclic) bond motifs is 1. The first-order valence-corrected chi connectivity index (χ1v) is 13.9. The van der Waals surface area contributed by atoms with Crippen molar-refractivity contribution in [1.29, 1.82) is 10.7 Å². The van der Waals surface area contributed by atoms with Gasteiger partial charge in [-0.05, 0) is 55.9 Å². The molecule has 2 aromatic carbocycles. The van der Waals surface area contributed by atoms with E-state index < -0.39 is 5.82 Å². The molecule has 1 saturated heterocycles. The number of methoxy groups -OCH3 is 1. The molecule has 214 valence electrons. The molecule has 9 heteroatoms. The van der Waals surface area contributed by atoms with Gasteiger partial charge in [0.15, 0.2) is 23.1 Å². The van der Waals surface area contributed by atoms with Crippen LogP contribution in [0.25, 0.3) is 0 Å². The van der Waals surface area contributed by atoms with Crippen LogP contribution in [-0.4, -0.2) is 56.5 Å². The van der Waals surface area contributed by atoms with Crippen molar-refractivity contribution in [2.45, 2.75) is 59.4 Å². The minimum Gasteiger partial charge on any atom is -0.494 e. The van der Waals surface area contributed by atoms with E-state index in [0.29, 0.717) is 36.6 Å². The summed E-state index contributed by atoms with van der Waals surface area (Å²) >= 11 is 0. The molecule has 0 atom stereocenters. The molecule has 2 aliphatic heterocycles. The van der Waals surface area contributed by atoms with Crippen LogP contribution >= 0.6 is 0 Å². The maximum atomic E-state index is 15.5. The third kappa shape index (κ3) is 5.58. The summed E-state index contributed by atoms with van der Waals surface area (Å²) in [6.07, 6.45) is 1.51. The second-order valence-corrected chi connectivity index (χ2v) is 11.3. The van der Waals surface area contributed by atoms with E-state index in [-0.39, 0.29) is 54.0 Å². The first-order chi connectivity index (χ1) is 19.0. The number of hydrogen-bond acceptors (Lipinski definition) is 7. The lowest BCUT2D eigenvalue weighted by Gasteiger charge is -2.34. The highest BCUT2D eigenvalue weighted by Gasteiger charge is 2.34. The molecule has 0 saturated carbocycles. The van der Waals surface area contributed by atoms with Crippen LogP contribution in [0.1, 0.15) is 74.5 Å². The van der Waals surface area contributed by atoms with Gasteiger partial charge in [-0.3, -0.25) is 10.2 Å². The third-order valence-electron chi connectivity index (χ3n) is 7.53. The maximum absolute atomic E-state index is 15.5. The van der Waals surface area contributed by atoms with E-state index in [2.05, 4.69) is 31.7 Å². The van der Waals surface area contributed by atoms with Crippen molar-refractivity contribution in [3.8, 4) is 23.3 Å². The second kappa shape index (κ2) is 11.7. The summed E-state index contributed by atoms with van der Waals surface area (Å²) < 4.78 is 32.5. The molecule has 2 aromatic rings. The summed E-state index contributed by atoms with van der Waals surface area (Å²) in [5.41, 5.74) is 2.69. The van der Waals surface area contributed by atoms with Crippen molar-refractivity contribution in [3.05, 3.63) is 46.3 Å². The minimum atomic E-state index is -0.634. The van der Waals surface area contributed by atoms with E-state index in [0.717, 1.165) is 29.8 Å². The number of Topliss-reactive ketones (excluding diaryl/α,β-unsaturated/α-hetero) is 1. The molecule has 0 aromatic heterocycles.